The van der Waals surface area contributed by atoms with Gasteiger partial charge >= 0.3 is 0 Å². The largest absolute Gasteiger partial charge is 0.399 e. The molecule has 14 heavy (non-hydrogen) atoms. The van der Waals surface area contributed by atoms with E-state index in [1.54, 1.807) is 31.3 Å². The van der Waals surface area contributed by atoms with Gasteiger partial charge in [0.25, 0.3) is 0 Å². The molecule has 1 rings (SSSR count). The molecule has 0 aliphatic rings. The van der Waals surface area contributed by atoms with E-state index in [1.165, 1.54) is 4.31 Å². The van der Waals surface area contributed by atoms with Crippen molar-refractivity contribution < 1.29 is 4.21 Å². The maximum Gasteiger partial charge on any atom is 0.136 e. The van der Waals surface area contributed by atoms with E-state index in [0.717, 1.165) is 0 Å². The molecule has 0 aromatic heterocycles. The first-order valence-corrected chi connectivity index (χ1v) is 5.85. The van der Waals surface area contributed by atoms with Crippen molar-refractivity contribution in [1.82, 2.24) is 4.31 Å². The summed E-state index contributed by atoms with van der Waals surface area (Å²) in [6, 6.07) is 6.67. The molecule has 0 amide bonds. The van der Waals surface area contributed by atoms with Crippen LogP contribution in [0.2, 0.25) is 0 Å². The summed E-state index contributed by atoms with van der Waals surface area (Å²) >= 11 is 0. The Hall–Kier alpha value is -1.07. The Kier molecular flexibility index (Phi) is 3.13. The molecule has 78 valence electrons. The predicted octanol–water partition coefficient (Wildman–Crippen LogP) is 1.54. The summed E-state index contributed by atoms with van der Waals surface area (Å²) in [5, 5.41) is 0. The highest BCUT2D eigenvalue weighted by Crippen LogP contribution is 2.17. The number of anilines is 1. The maximum absolute atomic E-state index is 12.0. The Balaban J connectivity index is 3.17. The van der Waals surface area contributed by atoms with E-state index >= 15 is 0 Å². The zero-order chi connectivity index (χ0) is 10.8. The van der Waals surface area contributed by atoms with Crippen molar-refractivity contribution in [2.24, 2.45) is 0 Å². The van der Waals surface area contributed by atoms with E-state index < -0.39 is 9.92 Å². The van der Waals surface area contributed by atoms with Crippen LogP contribution in [0.15, 0.2) is 29.2 Å². The van der Waals surface area contributed by atoms with Gasteiger partial charge in [-0.2, -0.15) is 0 Å². The first kappa shape index (κ1) is 11.0. The molecule has 1 unspecified atom stereocenters. The normalized spacial score (nSPS) is 15.4. The molecule has 1 aromatic rings. The number of benzene rings is 1. The van der Waals surface area contributed by atoms with Crippen LogP contribution in [0.3, 0.4) is 0 Å². The van der Waals surface area contributed by atoms with Crippen molar-refractivity contribution in [2.45, 2.75) is 11.8 Å². The summed E-state index contributed by atoms with van der Waals surface area (Å²) in [4.78, 5) is 0.460. The number of nitrogens with one attached hydrogen (secondary N) is 1. The second kappa shape index (κ2) is 3.98. The molecule has 1 atom stereocenters. The van der Waals surface area contributed by atoms with Gasteiger partial charge < -0.3 is 5.73 Å². The lowest BCUT2D eigenvalue weighted by Crippen LogP contribution is -2.25. The van der Waals surface area contributed by atoms with Crippen LogP contribution in [0.5, 0.6) is 0 Å². The van der Waals surface area contributed by atoms with Gasteiger partial charge in [0.1, 0.15) is 9.92 Å². The van der Waals surface area contributed by atoms with E-state index in [0.29, 0.717) is 17.1 Å². The molecule has 0 heterocycles. The zero-order valence-electron chi connectivity index (χ0n) is 8.36. The highest BCUT2D eigenvalue weighted by molar-refractivity contribution is 7.90. The van der Waals surface area contributed by atoms with Crippen molar-refractivity contribution in [2.75, 3.05) is 19.3 Å². The van der Waals surface area contributed by atoms with Gasteiger partial charge in [-0.15, -0.1) is 0 Å². The zero-order valence-corrected chi connectivity index (χ0v) is 9.17. The van der Waals surface area contributed by atoms with Gasteiger partial charge in [0.2, 0.25) is 0 Å². The maximum atomic E-state index is 12.0. The third kappa shape index (κ3) is 2.05. The second-order valence-electron chi connectivity index (χ2n) is 3.04. The lowest BCUT2D eigenvalue weighted by Gasteiger charge is -2.18. The van der Waals surface area contributed by atoms with Crippen molar-refractivity contribution in [3.63, 3.8) is 0 Å². The van der Waals surface area contributed by atoms with E-state index in [-0.39, 0.29) is 0 Å². The third-order valence-corrected chi connectivity index (χ3v) is 4.09. The van der Waals surface area contributed by atoms with Gasteiger partial charge in [0, 0.05) is 19.3 Å². The monoisotopic (exact) mass is 213 g/mol. The van der Waals surface area contributed by atoms with Crippen LogP contribution in [-0.2, 0) is 9.92 Å². The summed E-state index contributed by atoms with van der Waals surface area (Å²) in [5.41, 5.74) is 6.10. The van der Waals surface area contributed by atoms with Crippen LogP contribution >= 0.6 is 0 Å². The van der Waals surface area contributed by atoms with E-state index in [4.69, 9.17) is 10.5 Å². The third-order valence-electron chi connectivity index (χ3n) is 2.06. The van der Waals surface area contributed by atoms with Crippen LogP contribution in [0.4, 0.5) is 5.69 Å². The van der Waals surface area contributed by atoms with Gasteiger partial charge in [-0.05, 0) is 18.2 Å². The van der Waals surface area contributed by atoms with Gasteiger partial charge in [-0.25, -0.2) is 13.3 Å². The molecule has 0 aliphatic heterocycles. The standard InChI is InChI=1S/C9H15N3OS/c1-3-12(2)14(11,13)9-6-4-5-8(10)7-9/h4-7,11H,3,10H2,1-2H3. The molecule has 0 saturated carbocycles. The average molecular weight is 213 g/mol. The molecule has 0 aliphatic carbocycles. The molecule has 5 heteroatoms. The van der Waals surface area contributed by atoms with Crippen LogP contribution in [0.25, 0.3) is 0 Å². The van der Waals surface area contributed by atoms with E-state index in [1.807, 2.05) is 6.92 Å². The molecular weight excluding hydrogens is 198 g/mol. The number of rotatable bonds is 3. The first-order chi connectivity index (χ1) is 6.48. The van der Waals surface area contributed by atoms with Gasteiger partial charge in [-0.3, -0.25) is 0 Å². The van der Waals surface area contributed by atoms with Crippen molar-refractivity contribution >= 4 is 15.6 Å². The number of nitrogens with zero attached hydrogens (tertiary/aromatic N) is 1. The topological polar surface area (TPSA) is 70.2 Å². The average Bonchev–Trinajstić information content (AvgIpc) is 2.16. The number of hydrogen-bond acceptors (Lipinski definition) is 3. The Bertz CT molecular complexity index is 414. The summed E-state index contributed by atoms with van der Waals surface area (Å²) < 4.78 is 21.3. The molecule has 3 N–H and O–H groups in total. The highest BCUT2D eigenvalue weighted by Gasteiger charge is 2.14. The minimum atomic E-state index is -2.86. The summed E-state index contributed by atoms with van der Waals surface area (Å²) in [7, 11) is -1.19. The fourth-order valence-electron chi connectivity index (χ4n) is 1.05. The Morgan fingerprint density at radius 1 is 1.57 bits per heavy atom. The van der Waals surface area contributed by atoms with Gasteiger partial charge in [0.05, 0.1) is 4.90 Å². The van der Waals surface area contributed by atoms with E-state index in [2.05, 4.69) is 0 Å². The highest BCUT2D eigenvalue weighted by atomic mass is 32.2. The molecule has 0 radical (unpaired) electrons. The first-order valence-electron chi connectivity index (χ1n) is 4.34. The van der Waals surface area contributed by atoms with Gasteiger partial charge in [0.15, 0.2) is 0 Å². The fourth-order valence-corrected chi connectivity index (χ4v) is 2.33. The fraction of sp³-hybridized carbons (Fsp3) is 0.333. The Morgan fingerprint density at radius 2 is 2.21 bits per heavy atom. The molecule has 0 saturated heterocycles. The van der Waals surface area contributed by atoms with Crippen LogP contribution < -0.4 is 5.73 Å². The SMILES string of the molecule is CCN(C)S(=N)(=O)c1cccc(N)c1. The summed E-state index contributed by atoms with van der Waals surface area (Å²) in [5.74, 6) is 0. The molecule has 0 spiro atoms. The smallest absolute Gasteiger partial charge is 0.136 e. The molecular formula is C9H15N3OS. The molecule has 0 bridgehead atoms. The number of hydrogen-bond donors (Lipinski definition) is 2. The van der Waals surface area contributed by atoms with Crippen LogP contribution in [0.1, 0.15) is 6.92 Å². The van der Waals surface area contributed by atoms with E-state index in [9.17, 15) is 4.21 Å². The van der Waals surface area contributed by atoms with Crippen molar-refractivity contribution in [3.05, 3.63) is 24.3 Å². The lowest BCUT2D eigenvalue weighted by atomic mass is 10.3. The summed E-state index contributed by atoms with van der Waals surface area (Å²) in [6.07, 6.45) is 0. The van der Waals surface area contributed by atoms with Gasteiger partial charge in [-0.1, -0.05) is 13.0 Å². The van der Waals surface area contributed by atoms with Crippen molar-refractivity contribution in [1.29, 1.82) is 4.78 Å². The predicted molar refractivity (Wildman–Crippen MR) is 58.3 cm³/mol. The molecule has 0 fully saturated rings. The van der Waals surface area contributed by atoms with Crippen LogP contribution in [0, 0.1) is 4.78 Å². The number of nitrogen functional groups attached to an aromatic ring is 1. The molecule has 4 nitrogen and oxygen atoms in total. The molecule has 1 aromatic carbocycles. The Morgan fingerprint density at radius 3 is 2.71 bits per heavy atom. The summed E-state index contributed by atoms with van der Waals surface area (Å²) in [6.45, 7) is 2.43. The minimum absolute atomic E-state index is 0.460. The Labute approximate surface area is 84.8 Å². The minimum Gasteiger partial charge on any atom is -0.399 e. The lowest BCUT2D eigenvalue weighted by molar-refractivity contribution is 0.536. The number of nitrogens with two attached hydrogens (primary N) is 1. The quantitative estimate of drug-likeness (QED) is 0.748. The van der Waals surface area contributed by atoms with Crippen LogP contribution in [-0.4, -0.2) is 22.1 Å². The van der Waals surface area contributed by atoms with Crippen molar-refractivity contribution in [3.8, 4) is 0 Å². The second-order valence-corrected chi connectivity index (χ2v) is 5.19.